The number of carbonyl (C=O) groups is 1. The van der Waals surface area contributed by atoms with Gasteiger partial charge in [0.1, 0.15) is 22.2 Å². The minimum atomic E-state index is -4.43. The van der Waals surface area contributed by atoms with Gasteiger partial charge in [-0.15, -0.1) is 26.9 Å². The van der Waals surface area contributed by atoms with Crippen LogP contribution >= 0.6 is 22.7 Å². The highest BCUT2D eigenvalue weighted by Gasteiger charge is 2.45. The Labute approximate surface area is 241 Å². The third kappa shape index (κ3) is 6.03. The van der Waals surface area contributed by atoms with Gasteiger partial charge in [-0.25, -0.2) is 4.98 Å². The number of hydrogen-bond acceptors (Lipinski definition) is 8. The third-order valence-corrected chi connectivity index (χ3v) is 11.5. The first-order valence-electron chi connectivity index (χ1n) is 13.2. The maximum absolute atomic E-state index is 13.1. The highest BCUT2D eigenvalue weighted by atomic mass is 32.2. The van der Waals surface area contributed by atoms with Crippen molar-refractivity contribution in [2.75, 3.05) is 18.8 Å². The van der Waals surface area contributed by atoms with Crippen molar-refractivity contribution in [3.8, 4) is 0 Å². The summed E-state index contributed by atoms with van der Waals surface area (Å²) in [6.45, 7) is 7.42. The average Bonchev–Trinajstić information content (AvgIpc) is 3.60. The zero-order chi connectivity index (χ0) is 28.7. The summed E-state index contributed by atoms with van der Waals surface area (Å²) in [5, 5.41) is 2.13. The number of carbonyl (C=O) groups excluding carboxylic acids is 1. The molecule has 1 amide bonds. The van der Waals surface area contributed by atoms with Crippen LogP contribution in [0.4, 0.5) is 13.2 Å². The maximum atomic E-state index is 13.1. The quantitative estimate of drug-likeness (QED) is 0.275. The number of likely N-dealkylation sites (tertiary alicyclic amines) is 1. The second-order valence-corrected chi connectivity index (χ2v) is 14.3. The van der Waals surface area contributed by atoms with Crippen molar-refractivity contribution >= 4 is 39.4 Å². The largest absolute Gasteiger partial charge is 0.443 e. The van der Waals surface area contributed by atoms with Crippen LogP contribution in [0, 0.1) is 0 Å². The van der Waals surface area contributed by atoms with Crippen molar-refractivity contribution in [1.82, 2.24) is 20.2 Å². The van der Waals surface area contributed by atoms with Crippen molar-refractivity contribution in [2.24, 2.45) is 0 Å². The first-order chi connectivity index (χ1) is 19.0. The fraction of sp³-hybridized carbons (Fsp3) is 0.519. The van der Waals surface area contributed by atoms with E-state index >= 15 is 0 Å². The van der Waals surface area contributed by atoms with E-state index in [-0.39, 0.29) is 24.6 Å². The Balaban J connectivity index is 1.25. The number of nitrogens with one attached hydrogen (secondary N) is 1. The second kappa shape index (κ2) is 11.6. The summed E-state index contributed by atoms with van der Waals surface area (Å²) < 4.78 is 57.6. The number of thiazole rings is 1. The van der Waals surface area contributed by atoms with Crippen molar-refractivity contribution in [1.29, 1.82) is 0 Å². The summed E-state index contributed by atoms with van der Waals surface area (Å²) in [7, 11) is -1.43. The number of rotatable bonds is 7. The van der Waals surface area contributed by atoms with Gasteiger partial charge in [-0.05, 0) is 63.8 Å². The predicted octanol–water partition coefficient (Wildman–Crippen LogP) is 5.64. The molecular formula is C27H32F3N4O3S3+. The van der Waals surface area contributed by atoms with Crippen LogP contribution < -0.4 is 5.32 Å². The number of thiol groups is 1. The lowest BCUT2D eigenvalue weighted by Crippen LogP contribution is -2.48. The molecule has 7 nitrogen and oxygen atoms in total. The molecule has 0 bridgehead atoms. The van der Waals surface area contributed by atoms with E-state index in [9.17, 15) is 22.2 Å². The van der Waals surface area contributed by atoms with E-state index in [2.05, 4.69) is 20.2 Å². The monoisotopic (exact) mass is 613 g/mol. The molecule has 0 aromatic carbocycles. The molecule has 1 spiro atoms. The summed E-state index contributed by atoms with van der Waals surface area (Å²) in [5.74, 6) is 0.385. The van der Waals surface area contributed by atoms with E-state index in [1.165, 1.54) is 17.5 Å². The normalized spacial score (nSPS) is 20.7. The Morgan fingerprint density at radius 2 is 2.00 bits per heavy atom. The number of aromatic nitrogens is 2. The van der Waals surface area contributed by atoms with Crippen molar-refractivity contribution in [3.63, 3.8) is 0 Å². The standard InChI is InChI=1S/C27H31F3N4O3S3/c1-4-40(36)20-6-5-19(31-14-20)13-32-24(35)21-12-18-11-16(2)37-26(23(18)38-21)7-9-34(10-8-26)17(3)22-15-33-25(39-22)27(28,29)30/h5-6,12,14-17H,4,7-11,13H2,1-3H3,(H,32,35)/p+1. The molecule has 0 radical (unpaired) electrons. The summed E-state index contributed by atoms with van der Waals surface area (Å²) in [5.41, 5.74) is 1.31. The summed E-state index contributed by atoms with van der Waals surface area (Å²) in [4.78, 5) is 26.2. The number of ether oxygens (including phenoxy) is 1. The van der Waals surface area contributed by atoms with E-state index in [1.54, 1.807) is 18.3 Å². The topological polar surface area (TPSA) is 84.4 Å². The lowest BCUT2D eigenvalue weighted by Gasteiger charge is -2.46. The molecule has 5 heterocycles. The number of thiophene rings is 1. The highest BCUT2D eigenvalue weighted by Crippen LogP contribution is 2.48. The van der Waals surface area contributed by atoms with Gasteiger partial charge in [0, 0.05) is 35.1 Å². The molecule has 1 N–H and O–H groups in total. The number of fused-ring (bicyclic) bond motifs is 2. The number of halogens is 3. The Morgan fingerprint density at radius 1 is 1.25 bits per heavy atom. The third-order valence-electron chi connectivity index (χ3n) is 7.53. The van der Waals surface area contributed by atoms with Gasteiger partial charge in [-0.2, -0.15) is 13.2 Å². The zero-order valence-electron chi connectivity index (χ0n) is 22.5. The van der Waals surface area contributed by atoms with Crippen LogP contribution in [0.15, 0.2) is 35.5 Å². The zero-order valence-corrected chi connectivity index (χ0v) is 25.0. The summed E-state index contributed by atoms with van der Waals surface area (Å²) in [6.07, 6.45) is 0.608. The molecule has 1 saturated heterocycles. The van der Waals surface area contributed by atoms with Crippen LogP contribution in [0.5, 0.6) is 0 Å². The molecule has 3 atom stereocenters. The van der Waals surface area contributed by atoms with Crippen LogP contribution in [0.3, 0.4) is 0 Å². The van der Waals surface area contributed by atoms with E-state index < -0.39 is 27.6 Å². The average molecular weight is 614 g/mol. The molecule has 2 aliphatic rings. The smallest absolute Gasteiger partial charge is 0.366 e. The van der Waals surface area contributed by atoms with E-state index in [4.69, 9.17) is 4.74 Å². The molecule has 3 unspecified atom stereocenters. The van der Waals surface area contributed by atoms with Gasteiger partial charge in [0.05, 0.1) is 29.4 Å². The number of hydrogen-bond donors (Lipinski definition) is 1. The molecular weight excluding hydrogens is 582 g/mol. The van der Waals surface area contributed by atoms with Crippen LogP contribution in [0.2, 0.25) is 0 Å². The molecule has 2 aliphatic heterocycles. The Bertz CT molecular complexity index is 1380. The molecule has 0 aliphatic carbocycles. The van der Waals surface area contributed by atoms with Crippen LogP contribution in [0.1, 0.15) is 75.3 Å². The lowest BCUT2D eigenvalue weighted by molar-refractivity contribution is -0.137. The Hall–Kier alpha value is -2.19. The summed E-state index contributed by atoms with van der Waals surface area (Å²) >= 11 is 2.16. The number of pyridine rings is 1. The first kappa shape index (κ1) is 29.3. The van der Waals surface area contributed by atoms with E-state index in [1.807, 2.05) is 26.8 Å². The maximum Gasteiger partial charge on any atom is 0.443 e. The molecule has 40 heavy (non-hydrogen) atoms. The van der Waals surface area contributed by atoms with Gasteiger partial charge in [-0.3, -0.25) is 14.7 Å². The number of amides is 1. The molecule has 5 rings (SSSR count). The minimum Gasteiger partial charge on any atom is -0.366 e. The molecule has 3 aromatic heterocycles. The summed E-state index contributed by atoms with van der Waals surface area (Å²) in [6, 6.07) is 5.36. The molecule has 3 aromatic rings. The van der Waals surface area contributed by atoms with Gasteiger partial charge < -0.3 is 10.1 Å². The Kier molecular flexibility index (Phi) is 8.49. The molecule has 216 valence electrons. The van der Waals surface area contributed by atoms with Gasteiger partial charge >= 0.3 is 6.18 Å². The van der Waals surface area contributed by atoms with Gasteiger partial charge in [0.25, 0.3) is 5.91 Å². The van der Waals surface area contributed by atoms with Gasteiger partial charge in [0.15, 0.2) is 9.90 Å². The van der Waals surface area contributed by atoms with Crippen LogP contribution in [-0.2, 0) is 44.5 Å². The second-order valence-electron chi connectivity index (χ2n) is 10.3. The fourth-order valence-electron chi connectivity index (χ4n) is 5.39. The Morgan fingerprint density at radius 3 is 2.62 bits per heavy atom. The van der Waals surface area contributed by atoms with Gasteiger partial charge in [-0.1, -0.05) is 0 Å². The van der Waals surface area contributed by atoms with Crippen molar-refractivity contribution in [2.45, 2.75) is 75.4 Å². The van der Waals surface area contributed by atoms with E-state index in [0.29, 0.717) is 63.4 Å². The van der Waals surface area contributed by atoms with E-state index in [0.717, 1.165) is 16.9 Å². The molecule has 13 heteroatoms. The van der Waals surface area contributed by atoms with Crippen LogP contribution in [0.25, 0.3) is 0 Å². The highest BCUT2D eigenvalue weighted by molar-refractivity contribution is 7.84. The van der Waals surface area contributed by atoms with Gasteiger partial charge in [0.2, 0.25) is 0 Å². The first-order valence-corrected chi connectivity index (χ1v) is 16.3. The fourth-order valence-corrected chi connectivity index (χ4v) is 8.34. The lowest BCUT2D eigenvalue weighted by atomic mass is 9.83. The minimum absolute atomic E-state index is 0.00448. The van der Waals surface area contributed by atoms with Crippen molar-refractivity contribution in [3.05, 3.63) is 61.5 Å². The number of piperidine rings is 1. The van der Waals surface area contributed by atoms with Crippen molar-refractivity contribution < 1.29 is 26.9 Å². The SMILES string of the molecule is CC[SH+](=O)c1ccc(CNC(=O)c2cc3c(s2)C2(CCN(C(C)c4cnc(C(F)(F)F)s4)CC2)OC(C)C3)nc1. The number of alkyl halides is 3. The molecule has 0 saturated carbocycles. The molecule has 1 fully saturated rings. The van der Waals surface area contributed by atoms with Crippen LogP contribution in [-0.4, -0.2) is 45.7 Å². The predicted molar refractivity (Wildman–Crippen MR) is 150 cm³/mol. The number of nitrogens with zero attached hydrogens (tertiary/aromatic N) is 3.